The average molecular weight is 210 g/mol. The highest BCUT2D eigenvalue weighted by atomic mass is 19.3. The van der Waals surface area contributed by atoms with Crippen molar-refractivity contribution in [1.82, 2.24) is 5.32 Å². The van der Waals surface area contributed by atoms with Crippen LogP contribution < -0.4 is 5.32 Å². The fraction of sp³-hybridized carbons (Fsp3) is 0.750. The summed E-state index contributed by atoms with van der Waals surface area (Å²) in [6.45, 7) is 3.39. The van der Waals surface area contributed by atoms with Gasteiger partial charge in [0, 0.05) is 0 Å². The minimum Gasteiger partial charge on any atom is -0.480 e. The van der Waals surface area contributed by atoms with E-state index < -0.39 is 24.3 Å². The number of carbonyl (C=O) groups is 2. The maximum Gasteiger partial charge on any atom is 0.326 e. The first-order chi connectivity index (χ1) is 6.64. The van der Waals surface area contributed by atoms with Gasteiger partial charge >= 0.3 is 12.4 Å². The van der Waals surface area contributed by atoms with Crippen molar-refractivity contribution in [2.45, 2.75) is 32.7 Å². The largest absolute Gasteiger partial charge is 0.480 e. The van der Waals surface area contributed by atoms with Crippen LogP contribution in [0.15, 0.2) is 0 Å². The first kappa shape index (κ1) is 10.9. The zero-order valence-electron chi connectivity index (χ0n) is 8.88. The number of aliphatic carboxylic acids is 1. The van der Waals surface area contributed by atoms with Gasteiger partial charge in [0.15, 0.2) is 0 Å². The minimum absolute atomic E-state index is 0.0388. The molecule has 6 heteroatoms. The Balaban J connectivity index is 4.43. The molecule has 0 heterocycles. The van der Waals surface area contributed by atoms with Crippen LogP contribution in [0.2, 0.25) is 0 Å². The molecular weight excluding hydrogens is 196 g/mol. The first-order valence-corrected chi connectivity index (χ1v) is 4.06. The van der Waals surface area contributed by atoms with Crippen LogP contribution in [0.5, 0.6) is 0 Å². The second kappa shape index (κ2) is 5.51. The van der Waals surface area contributed by atoms with Crippen LogP contribution in [-0.2, 0) is 9.59 Å². The summed E-state index contributed by atoms with van der Waals surface area (Å²) in [5.41, 5.74) is 0. The van der Waals surface area contributed by atoms with Gasteiger partial charge in [-0.1, -0.05) is 13.8 Å². The number of rotatable bonds is 5. The summed E-state index contributed by atoms with van der Waals surface area (Å²) < 4.78 is 30.4. The predicted molar refractivity (Wildman–Crippen MR) is 45.0 cm³/mol. The number of carboxylic acid groups (broad SMARTS) is 1. The summed E-state index contributed by atoms with van der Waals surface area (Å²) in [4.78, 5) is 21.2. The topological polar surface area (TPSA) is 66.4 Å². The average Bonchev–Trinajstić information content (AvgIpc) is 1.99. The zero-order chi connectivity index (χ0) is 12.2. The Morgan fingerprint density at radius 2 is 2.00 bits per heavy atom. The summed E-state index contributed by atoms with van der Waals surface area (Å²) in [5.74, 6) is -3.34. The van der Waals surface area contributed by atoms with Gasteiger partial charge in [-0.05, 0) is 12.3 Å². The number of alkyl halides is 2. The molecule has 1 atom stereocenters. The lowest BCUT2D eigenvalue weighted by Gasteiger charge is -2.15. The van der Waals surface area contributed by atoms with Gasteiger partial charge in [0.25, 0.3) is 5.91 Å². The molecule has 0 aromatic heterocycles. The summed E-state index contributed by atoms with van der Waals surface area (Å²) >= 11 is 0. The molecule has 0 fully saturated rings. The summed E-state index contributed by atoms with van der Waals surface area (Å²) in [6.07, 6.45) is -4.26. The van der Waals surface area contributed by atoms with Crippen molar-refractivity contribution in [1.29, 1.82) is 0 Å². The van der Waals surface area contributed by atoms with E-state index in [2.05, 4.69) is 0 Å². The summed E-state index contributed by atoms with van der Waals surface area (Å²) in [6, 6.07) is -1.38. The molecule has 0 saturated heterocycles. The van der Waals surface area contributed by atoms with Crippen molar-refractivity contribution in [3.05, 3.63) is 0 Å². The molecular formula is C8H13F2NO3. The van der Waals surface area contributed by atoms with Crippen molar-refractivity contribution in [3.8, 4) is 0 Å². The number of nitrogens with one attached hydrogen (secondary N) is 1. The van der Waals surface area contributed by atoms with E-state index in [1.807, 2.05) is 0 Å². The fourth-order valence-electron chi connectivity index (χ4n) is 0.906. The third-order valence-corrected chi connectivity index (χ3v) is 1.48. The van der Waals surface area contributed by atoms with Gasteiger partial charge in [0.2, 0.25) is 0 Å². The van der Waals surface area contributed by atoms with Crippen LogP contribution >= 0.6 is 0 Å². The van der Waals surface area contributed by atoms with Gasteiger partial charge < -0.3 is 10.4 Å². The van der Waals surface area contributed by atoms with E-state index in [4.69, 9.17) is 6.48 Å². The lowest BCUT2D eigenvalue weighted by molar-refractivity contribution is -0.144. The Hall–Kier alpha value is -1.20. The molecule has 0 aliphatic carbocycles. The van der Waals surface area contributed by atoms with E-state index in [0.29, 0.717) is 0 Å². The Labute approximate surface area is 81.7 Å². The smallest absolute Gasteiger partial charge is 0.326 e. The predicted octanol–water partition coefficient (Wildman–Crippen LogP) is 0.867. The molecule has 0 saturated carbocycles. The maximum absolute atomic E-state index is 12.1. The van der Waals surface area contributed by atoms with E-state index in [9.17, 15) is 18.4 Å². The van der Waals surface area contributed by atoms with Crippen LogP contribution in [0.4, 0.5) is 8.78 Å². The van der Waals surface area contributed by atoms with Crippen molar-refractivity contribution in [3.63, 3.8) is 0 Å². The van der Waals surface area contributed by atoms with Gasteiger partial charge in [-0.2, -0.15) is 8.78 Å². The molecule has 1 amide bonds. The molecule has 0 spiro atoms. The number of hydrogen-bond acceptors (Lipinski definition) is 2. The standard InChI is InChI=1S/C8H13F2NO3/c1-4(2)3-5(8(13)14)11-7(12)6(9)10/h4-6H,3H2,1-2H3,(H,11,12)(H,13,14)/t5-/m0/s1/i6D. The molecule has 14 heavy (non-hydrogen) atoms. The highest BCUT2D eigenvalue weighted by molar-refractivity contribution is 5.85. The van der Waals surface area contributed by atoms with Crippen LogP contribution in [0, 0.1) is 5.92 Å². The number of halogens is 2. The molecule has 4 nitrogen and oxygen atoms in total. The monoisotopic (exact) mass is 210 g/mol. The lowest BCUT2D eigenvalue weighted by atomic mass is 10.0. The second-order valence-electron chi connectivity index (χ2n) is 3.25. The van der Waals surface area contributed by atoms with E-state index in [-0.39, 0.29) is 12.3 Å². The third-order valence-electron chi connectivity index (χ3n) is 1.48. The Morgan fingerprint density at radius 1 is 1.50 bits per heavy atom. The van der Waals surface area contributed by atoms with Gasteiger partial charge in [-0.25, -0.2) is 4.79 Å². The molecule has 0 radical (unpaired) electrons. The van der Waals surface area contributed by atoms with E-state index in [1.165, 1.54) is 0 Å². The number of hydrogen-bond donors (Lipinski definition) is 2. The highest BCUT2D eigenvalue weighted by Crippen LogP contribution is 2.05. The summed E-state index contributed by atoms with van der Waals surface area (Å²) in [7, 11) is 0. The minimum atomic E-state index is -4.30. The molecule has 82 valence electrons. The Morgan fingerprint density at radius 3 is 2.29 bits per heavy atom. The van der Waals surface area contributed by atoms with Crippen LogP contribution in [0.1, 0.15) is 21.6 Å². The molecule has 0 bridgehead atoms. The SMILES string of the molecule is [2H]C(F)(F)C(=O)N[C@@H](CC(C)C)C(=O)O. The van der Waals surface area contributed by atoms with Crippen LogP contribution in [0.3, 0.4) is 0 Å². The van der Waals surface area contributed by atoms with E-state index in [0.717, 1.165) is 0 Å². The van der Waals surface area contributed by atoms with Crippen LogP contribution in [-0.4, -0.2) is 29.4 Å². The zero-order valence-corrected chi connectivity index (χ0v) is 7.88. The first-order valence-electron chi connectivity index (χ1n) is 4.56. The van der Waals surface area contributed by atoms with E-state index in [1.54, 1.807) is 19.2 Å². The maximum atomic E-state index is 12.1. The Kier molecular flexibility index (Phi) is 4.28. The fourth-order valence-corrected chi connectivity index (χ4v) is 0.906. The molecule has 2 N–H and O–H groups in total. The highest BCUT2D eigenvalue weighted by Gasteiger charge is 2.25. The van der Waals surface area contributed by atoms with Crippen molar-refractivity contribution in [2.75, 3.05) is 0 Å². The molecule has 0 rings (SSSR count). The van der Waals surface area contributed by atoms with Gasteiger partial charge in [0.1, 0.15) is 7.41 Å². The van der Waals surface area contributed by atoms with Crippen molar-refractivity contribution < 1.29 is 24.8 Å². The molecule has 0 aromatic carbocycles. The second-order valence-corrected chi connectivity index (χ2v) is 3.25. The molecule has 0 aromatic rings. The number of carboxylic acids is 1. The molecule has 0 aliphatic rings. The summed E-state index contributed by atoms with van der Waals surface area (Å²) in [5, 5.41) is 10.2. The number of amides is 1. The van der Waals surface area contributed by atoms with Gasteiger partial charge in [0.05, 0.1) is 0 Å². The normalized spacial score (nSPS) is 14.8. The quantitative estimate of drug-likeness (QED) is 0.707. The van der Waals surface area contributed by atoms with Crippen molar-refractivity contribution >= 4 is 11.9 Å². The van der Waals surface area contributed by atoms with Crippen LogP contribution in [0.25, 0.3) is 0 Å². The number of carbonyl (C=O) groups excluding carboxylic acids is 1. The van der Waals surface area contributed by atoms with Gasteiger partial charge in [-0.15, -0.1) is 0 Å². The lowest BCUT2D eigenvalue weighted by Crippen LogP contribution is -2.44. The third kappa shape index (κ3) is 4.74. The van der Waals surface area contributed by atoms with E-state index >= 15 is 0 Å². The molecule has 0 unspecified atom stereocenters. The van der Waals surface area contributed by atoms with Crippen molar-refractivity contribution in [2.24, 2.45) is 5.92 Å². The molecule has 0 aliphatic heterocycles. The Bertz CT molecular complexity index is 253. The van der Waals surface area contributed by atoms with Gasteiger partial charge in [-0.3, -0.25) is 4.79 Å².